The van der Waals surface area contributed by atoms with Gasteiger partial charge in [-0.3, -0.25) is 0 Å². The summed E-state index contributed by atoms with van der Waals surface area (Å²) in [5, 5.41) is 22.2. The topological polar surface area (TPSA) is 129 Å². The minimum absolute atomic E-state index is 0.0712. The van der Waals surface area contributed by atoms with E-state index < -0.39 is 0 Å². The standard InChI is InChI=1S/C32H20N4O6/c37-29-21-13-7-15-23(29)41-27-18-28(36-32(35-27)20-11-5-2-6-12-20)42-24-16-8-14-22(30(24)38)40-26-17-25(39-21)33-31(34-26)19-9-3-1-4-10-19/h1-18,37-38H. The molecule has 0 atom stereocenters. The monoisotopic (exact) mass is 556 g/mol. The zero-order valence-corrected chi connectivity index (χ0v) is 21.7. The van der Waals surface area contributed by atoms with Gasteiger partial charge in [-0.25, -0.2) is 0 Å². The first-order valence-corrected chi connectivity index (χ1v) is 12.8. The van der Waals surface area contributed by atoms with Crippen LogP contribution in [0.5, 0.6) is 58.0 Å². The van der Waals surface area contributed by atoms with Crippen LogP contribution in [-0.2, 0) is 0 Å². The van der Waals surface area contributed by atoms with E-state index in [2.05, 4.69) is 19.9 Å². The van der Waals surface area contributed by atoms with Gasteiger partial charge in [0.15, 0.2) is 34.6 Å². The van der Waals surface area contributed by atoms with Gasteiger partial charge in [0.05, 0.1) is 12.1 Å². The van der Waals surface area contributed by atoms with E-state index in [0.29, 0.717) is 22.8 Å². The molecule has 2 N–H and O–H groups in total. The van der Waals surface area contributed by atoms with Crippen molar-refractivity contribution in [2.45, 2.75) is 0 Å². The van der Waals surface area contributed by atoms with Gasteiger partial charge >= 0.3 is 0 Å². The Morgan fingerprint density at radius 1 is 0.381 bits per heavy atom. The highest BCUT2D eigenvalue weighted by Gasteiger charge is 2.20. The summed E-state index contributed by atoms with van der Waals surface area (Å²) in [4.78, 5) is 18.1. The Morgan fingerprint density at radius 3 is 1.00 bits per heavy atom. The third kappa shape index (κ3) is 4.95. The van der Waals surface area contributed by atoms with Gasteiger partial charge in [0.1, 0.15) is 0 Å². The number of benzene rings is 4. The molecule has 204 valence electrons. The predicted molar refractivity (Wildman–Crippen MR) is 151 cm³/mol. The number of hydrogen-bond acceptors (Lipinski definition) is 10. The number of hydrogen-bond donors (Lipinski definition) is 2. The van der Waals surface area contributed by atoms with Crippen LogP contribution in [0.25, 0.3) is 22.8 Å². The zero-order valence-electron chi connectivity index (χ0n) is 21.7. The fourth-order valence-electron chi connectivity index (χ4n) is 4.23. The van der Waals surface area contributed by atoms with E-state index >= 15 is 0 Å². The molecule has 0 radical (unpaired) electrons. The quantitative estimate of drug-likeness (QED) is 0.221. The molecule has 8 bridgehead atoms. The molecular formula is C32H20N4O6. The maximum atomic E-state index is 11.1. The third-order valence-electron chi connectivity index (χ3n) is 6.20. The number of phenolic OH excluding ortho intramolecular Hbond substituents is 2. The van der Waals surface area contributed by atoms with Gasteiger partial charge in [-0.15, -0.1) is 0 Å². The minimum atomic E-state index is -0.280. The molecule has 42 heavy (non-hydrogen) atoms. The highest BCUT2D eigenvalue weighted by Crippen LogP contribution is 2.44. The van der Waals surface area contributed by atoms with Crippen LogP contribution in [0.2, 0.25) is 0 Å². The number of ether oxygens (including phenoxy) is 4. The largest absolute Gasteiger partial charge is 0.502 e. The number of rotatable bonds is 2. The molecule has 6 aromatic rings. The first-order valence-electron chi connectivity index (χ1n) is 12.8. The van der Waals surface area contributed by atoms with Crippen molar-refractivity contribution >= 4 is 0 Å². The second kappa shape index (κ2) is 10.4. The summed E-state index contributed by atoms with van der Waals surface area (Å²) >= 11 is 0. The Bertz CT molecular complexity index is 1690. The van der Waals surface area contributed by atoms with Crippen molar-refractivity contribution in [1.82, 2.24) is 19.9 Å². The Morgan fingerprint density at radius 2 is 0.690 bits per heavy atom. The summed E-state index contributed by atoms with van der Waals surface area (Å²) in [5.74, 6) is 0.672. The molecular weight excluding hydrogens is 536 g/mol. The summed E-state index contributed by atoms with van der Waals surface area (Å²) < 4.78 is 24.0. The lowest BCUT2D eigenvalue weighted by molar-refractivity contribution is 0.355. The average Bonchev–Trinajstić information content (AvgIpc) is 3.01. The number of aromatic nitrogens is 4. The van der Waals surface area contributed by atoms with Crippen molar-refractivity contribution < 1.29 is 29.2 Å². The molecule has 0 unspecified atom stereocenters. The maximum absolute atomic E-state index is 11.1. The number of aromatic hydroxyl groups is 2. The van der Waals surface area contributed by atoms with Crippen molar-refractivity contribution in [3.63, 3.8) is 0 Å². The van der Waals surface area contributed by atoms with Gasteiger partial charge in [0, 0.05) is 11.1 Å². The van der Waals surface area contributed by atoms with E-state index in [1.54, 1.807) is 36.4 Å². The molecule has 1 aliphatic heterocycles. The van der Waals surface area contributed by atoms with Crippen LogP contribution >= 0.6 is 0 Å². The minimum Gasteiger partial charge on any atom is -0.502 e. The van der Waals surface area contributed by atoms with Crippen molar-refractivity contribution in [2.75, 3.05) is 0 Å². The van der Waals surface area contributed by atoms with Crippen molar-refractivity contribution in [2.24, 2.45) is 0 Å². The molecule has 0 fully saturated rings. The van der Waals surface area contributed by atoms with E-state index in [1.165, 1.54) is 12.1 Å². The van der Waals surface area contributed by atoms with Crippen molar-refractivity contribution in [3.8, 4) is 80.8 Å². The third-order valence-corrected chi connectivity index (χ3v) is 6.20. The molecule has 10 nitrogen and oxygen atoms in total. The van der Waals surface area contributed by atoms with Crippen LogP contribution in [0, 0.1) is 0 Å². The van der Waals surface area contributed by atoms with Crippen LogP contribution < -0.4 is 18.9 Å². The first kappa shape index (κ1) is 24.9. The lowest BCUT2D eigenvalue weighted by Gasteiger charge is -2.16. The smallest absolute Gasteiger partial charge is 0.226 e. The molecule has 0 aliphatic carbocycles. The van der Waals surface area contributed by atoms with Gasteiger partial charge < -0.3 is 29.2 Å². The molecule has 0 amide bonds. The Hall–Kier alpha value is -6.16. The van der Waals surface area contributed by atoms with Crippen molar-refractivity contribution in [3.05, 3.63) is 109 Å². The molecule has 7 rings (SSSR count). The van der Waals surface area contributed by atoms with Crippen LogP contribution in [0.3, 0.4) is 0 Å². The fraction of sp³-hybridized carbons (Fsp3) is 0. The van der Waals surface area contributed by atoms with Crippen LogP contribution in [0.15, 0.2) is 109 Å². The summed E-state index contributed by atoms with van der Waals surface area (Å²) in [7, 11) is 0. The maximum Gasteiger partial charge on any atom is 0.226 e. The summed E-state index contributed by atoms with van der Waals surface area (Å²) in [6, 6.07) is 31.0. The van der Waals surface area contributed by atoms with Crippen LogP contribution in [0.1, 0.15) is 0 Å². The summed E-state index contributed by atoms with van der Waals surface area (Å²) in [6.07, 6.45) is 0. The van der Waals surface area contributed by atoms with Gasteiger partial charge in [0.2, 0.25) is 35.0 Å². The fourth-order valence-corrected chi connectivity index (χ4v) is 4.23. The molecule has 2 aromatic heterocycles. The van der Waals surface area contributed by atoms with Crippen LogP contribution in [-0.4, -0.2) is 30.1 Å². The lowest BCUT2D eigenvalue weighted by Crippen LogP contribution is -2.00. The molecule has 0 saturated carbocycles. The second-order valence-corrected chi connectivity index (χ2v) is 9.08. The molecule has 0 saturated heterocycles. The Labute approximate surface area is 239 Å². The number of fused-ring (bicyclic) bond motifs is 8. The zero-order chi connectivity index (χ0) is 28.5. The predicted octanol–water partition coefficient (Wildman–Crippen LogP) is 7.49. The molecule has 10 heteroatoms. The normalized spacial score (nSPS) is 11.8. The van der Waals surface area contributed by atoms with E-state index in [1.807, 2.05) is 60.7 Å². The van der Waals surface area contributed by atoms with Crippen LogP contribution in [0.4, 0.5) is 0 Å². The molecule has 1 aliphatic rings. The highest BCUT2D eigenvalue weighted by atomic mass is 16.5. The SMILES string of the molecule is Oc1c2cccc1Oc1cc(nc(-c3ccccc3)n1)Oc1cccc(c1O)Oc1cc(nc(-c3ccccc3)n1)O2. The molecule has 3 heterocycles. The Balaban J connectivity index is 1.40. The summed E-state index contributed by atoms with van der Waals surface area (Å²) in [6.45, 7) is 0. The van der Waals surface area contributed by atoms with Gasteiger partial charge in [-0.1, -0.05) is 72.8 Å². The Kier molecular flexibility index (Phi) is 6.17. The highest BCUT2D eigenvalue weighted by molar-refractivity contribution is 5.60. The lowest BCUT2D eigenvalue weighted by atomic mass is 10.2. The second-order valence-electron chi connectivity index (χ2n) is 9.08. The number of phenols is 2. The first-order chi connectivity index (χ1) is 20.6. The van der Waals surface area contributed by atoms with E-state index in [-0.39, 0.29) is 58.0 Å². The van der Waals surface area contributed by atoms with E-state index in [9.17, 15) is 10.2 Å². The van der Waals surface area contributed by atoms with Gasteiger partial charge in [0.25, 0.3) is 0 Å². The van der Waals surface area contributed by atoms with E-state index in [4.69, 9.17) is 18.9 Å². The number of para-hydroxylation sites is 2. The molecule has 0 spiro atoms. The van der Waals surface area contributed by atoms with Gasteiger partial charge in [-0.05, 0) is 24.3 Å². The molecule has 4 aromatic carbocycles. The average molecular weight is 557 g/mol. The van der Waals surface area contributed by atoms with Gasteiger partial charge in [-0.2, -0.15) is 19.9 Å². The van der Waals surface area contributed by atoms with Crippen molar-refractivity contribution in [1.29, 1.82) is 0 Å². The summed E-state index contributed by atoms with van der Waals surface area (Å²) in [5.41, 5.74) is 1.41. The van der Waals surface area contributed by atoms with E-state index in [0.717, 1.165) is 0 Å². The number of nitrogens with zero attached hydrogens (tertiary/aromatic N) is 4.